The Hall–Kier alpha value is -4.19. The molecule has 9 nitrogen and oxygen atoms in total. The summed E-state index contributed by atoms with van der Waals surface area (Å²) in [4.78, 5) is 4.64. The lowest BCUT2D eigenvalue weighted by molar-refractivity contribution is 0.355. The van der Waals surface area contributed by atoms with Gasteiger partial charge < -0.3 is 25.8 Å². The maximum atomic E-state index is 9.57. The van der Waals surface area contributed by atoms with E-state index in [2.05, 4.69) is 26.8 Å². The number of nitrogens with one attached hydrogen (secondary N) is 2. The molecule has 9 heteroatoms. The first kappa shape index (κ1) is 23.5. The molecule has 1 heterocycles. The molecular weight excluding hydrogens is 418 g/mol. The van der Waals surface area contributed by atoms with Crippen molar-refractivity contribution in [3.63, 3.8) is 0 Å². The quantitative estimate of drug-likeness (QED) is 0.261. The predicted octanol–water partition coefficient (Wildman–Crippen LogP) is 3.35. The Bertz CT molecular complexity index is 1130. The second kappa shape index (κ2) is 11.4. The maximum Gasteiger partial charge on any atom is 0.195 e. The fraction of sp³-hybridized carbons (Fsp3) is 0.292. The summed E-state index contributed by atoms with van der Waals surface area (Å²) in [6.07, 6.45) is 1.30. The topological polar surface area (TPSA) is 123 Å². The number of nitrogens with two attached hydrogens (primary N) is 1. The van der Waals surface area contributed by atoms with E-state index in [0.717, 1.165) is 17.9 Å². The maximum absolute atomic E-state index is 9.57. The number of ether oxygens (including phenoxy) is 2. The molecular formula is C24H29N7O2. The number of aromatic nitrogens is 2. The minimum atomic E-state index is 0.352. The third-order valence-corrected chi connectivity index (χ3v) is 4.94. The normalized spacial score (nSPS) is 11.0. The summed E-state index contributed by atoms with van der Waals surface area (Å²) < 4.78 is 12.3. The zero-order chi connectivity index (χ0) is 23.6. The first-order chi connectivity index (χ1) is 16.1. The van der Waals surface area contributed by atoms with Crippen molar-refractivity contribution in [3.05, 3.63) is 59.8 Å². The van der Waals surface area contributed by atoms with E-state index in [-0.39, 0.29) is 0 Å². The van der Waals surface area contributed by atoms with Crippen LogP contribution in [0.5, 0.6) is 11.5 Å². The number of hydrogen-bond donors (Lipinski definition) is 3. The molecule has 3 rings (SSSR count). The summed E-state index contributed by atoms with van der Waals surface area (Å²) in [5.74, 6) is 2.30. The Morgan fingerprint density at radius 2 is 1.91 bits per heavy atom. The number of para-hydroxylation sites is 1. The average Bonchev–Trinajstić information content (AvgIpc) is 3.17. The van der Waals surface area contributed by atoms with Gasteiger partial charge in [-0.05, 0) is 44.0 Å². The van der Waals surface area contributed by atoms with Gasteiger partial charge in [-0.25, -0.2) is 4.68 Å². The SMILES string of the molecule is CCNC(=NCCCc1nn(-c2ccccc2)c(N)c1C#N)Nc1ccc(OC)c(OC)c1. The molecule has 0 unspecified atom stereocenters. The number of methoxy groups -OCH3 is 2. The molecule has 0 spiro atoms. The number of hydrogen-bond acceptors (Lipinski definition) is 6. The van der Waals surface area contributed by atoms with Gasteiger partial charge in [-0.15, -0.1) is 0 Å². The van der Waals surface area contributed by atoms with Gasteiger partial charge in [0.2, 0.25) is 0 Å². The van der Waals surface area contributed by atoms with E-state index < -0.39 is 0 Å². The molecule has 0 aliphatic rings. The molecule has 0 amide bonds. The molecule has 172 valence electrons. The van der Waals surface area contributed by atoms with Gasteiger partial charge >= 0.3 is 0 Å². The highest BCUT2D eigenvalue weighted by atomic mass is 16.5. The van der Waals surface area contributed by atoms with Crippen molar-refractivity contribution >= 4 is 17.5 Å². The minimum absolute atomic E-state index is 0.352. The van der Waals surface area contributed by atoms with Gasteiger partial charge in [0.25, 0.3) is 0 Å². The Balaban J connectivity index is 1.67. The van der Waals surface area contributed by atoms with Crippen LogP contribution in [-0.2, 0) is 6.42 Å². The van der Waals surface area contributed by atoms with E-state index in [0.29, 0.717) is 53.9 Å². The Morgan fingerprint density at radius 1 is 1.15 bits per heavy atom. The molecule has 0 saturated heterocycles. The predicted molar refractivity (Wildman–Crippen MR) is 130 cm³/mol. The van der Waals surface area contributed by atoms with Crippen molar-refractivity contribution in [3.8, 4) is 23.3 Å². The number of nitrogen functional groups attached to an aromatic ring is 1. The van der Waals surface area contributed by atoms with Crippen LogP contribution in [0.3, 0.4) is 0 Å². The van der Waals surface area contributed by atoms with E-state index >= 15 is 0 Å². The largest absolute Gasteiger partial charge is 0.493 e. The molecule has 33 heavy (non-hydrogen) atoms. The lowest BCUT2D eigenvalue weighted by Gasteiger charge is -2.13. The van der Waals surface area contributed by atoms with Gasteiger partial charge in [0.15, 0.2) is 17.5 Å². The van der Waals surface area contributed by atoms with E-state index in [1.807, 2.05) is 55.5 Å². The van der Waals surface area contributed by atoms with Crippen LogP contribution >= 0.6 is 0 Å². The number of aryl methyl sites for hydroxylation is 1. The summed E-state index contributed by atoms with van der Waals surface area (Å²) in [6, 6.07) is 17.3. The average molecular weight is 448 g/mol. The van der Waals surface area contributed by atoms with Crippen molar-refractivity contribution in [1.29, 1.82) is 5.26 Å². The third-order valence-electron chi connectivity index (χ3n) is 4.94. The number of aliphatic imine (C=N–C) groups is 1. The third kappa shape index (κ3) is 5.74. The van der Waals surface area contributed by atoms with Gasteiger partial charge in [-0.2, -0.15) is 10.4 Å². The van der Waals surface area contributed by atoms with E-state index in [1.165, 1.54) is 0 Å². The molecule has 1 aromatic heterocycles. The number of nitrogens with zero attached hydrogens (tertiary/aromatic N) is 4. The molecule has 0 fully saturated rings. The van der Waals surface area contributed by atoms with Crippen LogP contribution in [-0.4, -0.2) is 43.0 Å². The van der Waals surface area contributed by atoms with Crippen LogP contribution in [0.1, 0.15) is 24.6 Å². The van der Waals surface area contributed by atoms with Gasteiger partial charge in [0.05, 0.1) is 25.6 Å². The molecule has 0 radical (unpaired) electrons. The smallest absolute Gasteiger partial charge is 0.195 e. The molecule has 0 atom stereocenters. The lowest BCUT2D eigenvalue weighted by atomic mass is 10.1. The van der Waals surface area contributed by atoms with Crippen LogP contribution in [0.15, 0.2) is 53.5 Å². The number of guanidine groups is 1. The summed E-state index contributed by atoms with van der Waals surface area (Å²) in [7, 11) is 3.20. The highest BCUT2D eigenvalue weighted by Crippen LogP contribution is 2.29. The standard InChI is InChI=1S/C24H29N7O2/c1-4-27-24(29-17-12-13-21(32-2)22(15-17)33-3)28-14-8-11-20-19(16-25)23(26)31(30-20)18-9-6-5-7-10-18/h5-7,9-10,12-13,15H,4,8,11,14,26H2,1-3H3,(H2,27,28,29). The molecule has 4 N–H and O–H groups in total. The van der Waals surface area contributed by atoms with Crippen LogP contribution in [0.4, 0.5) is 11.5 Å². The van der Waals surface area contributed by atoms with E-state index in [1.54, 1.807) is 18.9 Å². The van der Waals surface area contributed by atoms with Crippen molar-refractivity contribution in [2.45, 2.75) is 19.8 Å². The summed E-state index contributed by atoms with van der Waals surface area (Å²) in [5.41, 5.74) is 8.92. The number of rotatable bonds is 9. The lowest BCUT2D eigenvalue weighted by Crippen LogP contribution is -2.30. The second-order valence-electron chi connectivity index (χ2n) is 7.13. The first-order valence-corrected chi connectivity index (χ1v) is 10.7. The monoisotopic (exact) mass is 447 g/mol. The van der Waals surface area contributed by atoms with Gasteiger partial charge in [0.1, 0.15) is 17.5 Å². The zero-order valence-corrected chi connectivity index (χ0v) is 19.1. The molecule has 0 saturated carbocycles. The van der Waals surface area contributed by atoms with Crippen molar-refractivity contribution in [1.82, 2.24) is 15.1 Å². The second-order valence-corrected chi connectivity index (χ2v) is 7.13. The van der Waals surface area contributed by atoms with Gasteiger partial charge in [-0.3, -0.25) is 4.99 Å². The molecule has 2 aromatic carbocycles. The summed E-state index contributed by atoms with van der Waals surface area (Å²) in [5, 5.41) is 20.6. The van der Waals surface area contributed by atoms with Crippen LogP contribution in [0, 0.1) is 11.3 Å². The first-order valence-electron chi connectivity index (χ1n) is 10.7. The van der Waals surface area contributed by atoms with Gasteiger partial charge in [0, 0.05) is 24.8 Å². The number of nitriles is 1. The van der Waals surface area contributed by atoms with Crippen molar-refractivity contribution in [2.24, 2.45) is 4.99 Å². The highest BCUT2D eigenvalue weighted by Gasteiger charge is 2.16. The summed E-state index contributed by atoms with van der Waals surface area (Å²) in [6.45, 7) is 3.27. The number of benzene rings is 2. The van der Waals surface area contributed by atoms with Crippen molar-refractivity contribution in [2.75, 3.05) is 38.4 Å². The van der Waals surface area contributed by atoms with Crippen LogP contribution in [0.2, 0.25) is 0 Å². The molecule has 0 bridgehead atoms. The minimum Gasteiger partial charge on any atom is -0.493 e. The Morgan fingerprint density at radius 3 is 2.58 bits per heavy atom. The van der Waals surface area contributed by atoms with Crippen molar-refractivity contribution < 1.29 is 9.47 Å². The number of anilines is 2. The fourth-order valence-electron chi connectivity index (χ4n) is 3.34. The van der Waals surface area contributed by atoms with Gasteiger partial charge in [-0.1, -0.05) is 18.2 Å². The van der Waals surface area contributed by atoms with E-state index in [9.17, 15) is 5.26 Å². The fourth-order valence-corrected chi connectivity index (χ4v) is 3.34. The van der Waals surface area contributed by atoms with Crippen LogP contribution in [0.25, 0.3) is 5.69 Å². The Labute approximate surface area is 193 Å². The zero-order valence-electron chi connectivity index (χ0n) is 19.1. The van der Waals surface area contributed by atoms with Crippen LogP contribution < -0.4 is 25.8 Å². The molecule has 3 aromatic rings. The molecule has 0 aliphatic heterocycles. The highest BCUT2D eigenvalue weighted by molar-refractivity contribution is 5.93. The van der Waals surface area contributed by atoms with E-state index in [4.69, 9.17) is 15.2 Å². The Kier molecular flexibility index (Phi) is 8.13. The molecule has 0 aliphatic carbocycles. The summed E-state index contributed by atoms with van der Waals surface area (Å²) >= 11 is 0.